The number of ether oxygens (including phenoxy) is 2. The van der Waals surface area contributed by atoms with E-state index in [9.17, 15) is 23.2 Å². The van der Waals surface area contributed by atoms with Gasteiger partial charge in [0.25, 0.3) is 17.6 Å². The van der Waals surface area contributed by atoms with E-state index in [1.54, 1.807) is 12.1 Å². The Morgan fingerprint density at radius 3 is 2.36 bits per heavy atom. The van der Waals surface area contributed by atoms with Crippen molar-refractivity contribution in [2.24, 2.45) is 5.73 Å². The summed E-state index contributed by atoms with van der Waals surface area (Å²) in [7, 11) is 0. The lowest BCUT2D eigenvalue weighted by atomic mass is 10.2. The third kappa shape index (κ3) is 6.88. The summed E-state index contributed by atoms with van der Waals surface area (Å²) in [5.74, 6) is -4.55. The quantitative estimate of drug-likeness (QED) is 0.486. The second kappa shape index (κ2) is 10.3. The van der Waals surface area contributed by atoms with Gasteiger partial charge < -0.3 is 20.5 Å². The molecule has 0 aliphatic carbocycles. The number of esters is 1. The third-order valence-electron chi connectivity index (χ3n) is 3.23. The number of alkyl halides is 2. The molecule has 0 heterocycles. The fourth-order valence-electron chi connectivity index (χ4n) is 2.04. The third-order valence-corrected chi connectivity index (χ3v) is 3.95. The first-order chi connectivity index (χ1) is 13.3. The summed E-state index contributed by atoms with van der Waals surface area (Å²) in [5, 5.41) is 2.46. The van der Waals surface area contributed by atoms with E-state index in [0.29, 0.717) is 22.3 Å². The first kappa shape index (κ1) is 21.2. The lowest BCUT2D eigenvalue weighted by Crippen LogP contribution is -2.24. The molecule has 0 fully saturated rings. The van der Waals surface area contributed by atoms with Gasteiger partial charge >= 0.3 is 5.97 Å². The van der Waals surface area contributed by atoms with Gasteiger partial charge in [0.1, 0.15) is 5.75 Å². The zero-order valence-corrected chi connectivity index (χ0v) is 15.2. The molecule has 148 valence electrons. The fourth-order valence-corrected chi connectivity index (χ4v) is 2.54. The molecule has 0 spiro atoms. The molecule has 0 saturated carbocycles. The molecule has 2 aromatic rings. The maximum absolute atomic E-state index is 12.3. The number of carbonyl (C=O) groups is 3. The zero-order valence-electron chi connectivity index (χ0n) is 14.4. The fraction of sp³-hybridized carbons (Fsp3) is 0.167. The predicted molar refractivity (Wildman–Crippen MR) is 98.3 cm³/mol. The van der Waals surface area contributed by atoms with Crippen LogP contribution in [-0.2, 0) is 14.3 Å². The van der Waals surface area contributed by atoms with Gasteiger partial charge in [-0.1, -0.05) is 23.9 Å². The number of carbonyl (C=O) groups excluding carboxylic acids is 3. The van der Waals surface area contributed by atoms with E-state index in [1.165, 1.54) is 36.4 Å². The Balaban J connectivity index is 1.76. The summed E-state index contributed by atoms with van der Waals surface area (Å²) < 4.78 is 34.5. The number of primary amides is 1. The number of nitrogens with two attached hydrogens (primary N) is 1. The lowest BCUT2D eigenvalue weighted by molar-refractivity contribution is -0.149. The Morgan fingerprint density at radius 1 is 1.04 bits per heavy atom. The number of nitrogens with one attached hydrogen (secondary N) is 1. The van der Waals surface area contributed by atoms with Crippen molar-refractivity contribution in [1.82, 2.24) is 0 Å². The second-order valence-electron chi connectivity index (χ2n) is 5.26. The normalized spacial score (nSPS) is 10.4. The van der Waals surface area contributed by atoms with Gasteiger partial charge in [-0.3, -0.25) is 9.59 Å². The van der Waals surface area contributed by atoms with Crippen LogP contribution >= 0.6 is 11.8 Å². The van der Waals surface area contributed by atoms with Crippen LogP contribution < -0.4 is 15.8 Å². The van der Waals surface area contributed by atoms with E-state index < -0.39 is 36.8 Å². The van der Waals surface area contributed by atoms with Crippen molar-refractivity contribution in [3.63, 3.8) is 0 Å². The summed E-state index contributed by atoms with van der Waals surface area (Å²) in [5.41, 5.74) is 5.68. The highest BCUT2D eigenvalue weighted by Crippen LogP contribution is 2.26. The molecule has 0 aromatic heterocycles. The molecule has 0 aliphatic heterocycles. The molecule has 0 aliphatic rings. The van der Waals surface area contributed by atoms with Crippen LogP contribution in [0.3, 0.4) is 0 Å². The smallest absolute Gasteiger partial charge is 0.344 e. The monoisotopic (exact) mass is 410 g/mol. The average molecular weight is 410 g/mol. The van der Waals surface area contributed by atoms with Gasteiger partial charge in [0, 0.05) is 10.6 Å². The van der Waals surface area contributed by atoms with Crippen LogP contribution in [0.5, 0.6) is 5.75 Å². The molecule has 3 N–H and O–H groups in total. The number of thioether (sulfide) groups is 1. The summed E-state index contributed by atoms with van der Waals surface area (Å²) in [6, 6.07) is 11.9. The van der Waals surface area contributed by atoms with Crippen LogP contribution in [0.15, 0.2) is 53.4 Å². The number of rotatable bonds is 9. The molecule has 0 saturated heterocycles. The topological polar surface area (TPSA) is 108 Å². The van der Waals surface area contributed by atoms with Crippen LogP contribution in [0.25, 0.3) is 0 Å². The number of anilines is 1. The molecule has 7 nitrogen and oxygen atoms in total. The van der Waals surface area contributed by atoms with Crippen LogP contribution in [-0.4, -0.2) is 36.8 Å². The zero-order chi connectivity index (χ0) is 20.5. The van der Waals surface area contributed by atoms with Crippen LogP contribution in [0, 0.1) is 0 Å². The summed E-state index contributed by atoms with van der Waals surface area (Å²) in [6.07, 6.45) is 0. The van der Waals surface area contributed by atoms with Crippen LogP contribution in [0.1, 0.15) is 10.4 Å². The van der Waals surface area contributed by atoms with Crippen molar-refractivity contribution in [2.75, 3.05) is 18.5 Å². The van der Waals surface area contributed by atoms with Gasteiger partial charge in [0.15, 0.2) is 13.2 Å². The molecule has 10 heteroatoms. The summed E-state index contributed by atoms with van der Waals surface area (Å²) in [6.45, 7) is -1.08. The summed E-state index contributed by atoms with van der Waals surface area (Å²) in [4.78, 5) is 35.1. The Labute approximate surface area is 163 Å². The molecule has 2 amide bonds. The predicted octanol–water partition coefficient (Wildman–Crippen LogP) is 2.66. The lowest BCUT2D eigenvalue weighted by Gasteiger charge is -2.10. The maximum Gasteiger partial charge on any atom is 0.344 e. The van der Waals surface area contributed by atoms with Gasteiger partial charge in [-0.2, -0.15) is 8.78 Å². The average Bonchev–Trinajstić information content (AvgIpc) is 2.66. The summed E-state index contributed by atoms with van der Waals surface area (Å²) >= 11 is 0.388. The molecular weight excluding hydrogens is 394 g/mol. The molecule has 2 aromatic carbocycles. The Bertz CT molecular complexity index is 846. The minimum Gasteiger partial charge on any atom is -0.481 e. The van der Waals surface area contributed by atoms with Crippen molar-refractivity contribution >= 4 is 35.2 Å². The van der Waals surface area contributed by atoms with Crippen LogP contribution in [0.4, 0.5) is 14.5 Å². The van der Waals surface area contributed by atoms with Gasteiger partial charge in [-0.25, -0.2) is 4.79 Å². The first-order valence-electron chi connectivity index (χ1n) is 7.87. The Hall–Kier alpha value is -3.14. The van der Waals surface area contributed by atoms with E-state index in [4.69, 9.17) is 15.2 Å². The molecule has 0 atom stereocenters. The van der Waals surface area contributed by atoms with Crippen LogP contribution in [0.2, 0.25) is 0 Å². The Morgan fingerprint density at radius 2 is 1.71 bits per heavy atom. The molecular formula is C18H16F2N2O5S. The molecule has 0 bridgehead atoms. The number of benzene rings is 2. The van der Waals surface area contributed by atoms with Crippen molar-refractivity contribution in [1.29, 1.82) is 0 Å². The first-order valence-corrected chi connectivity index (χ1v) is 8.75. The van der Waals surface area contributed by atoms with E-state index in [2.05, 4.69) is 5.32 Å². The van der Waals surface area contributed by atoms with Crippen molar-refractivity contribution in [3.8, 4) is 5.75 Å². The number of para-hydroxylation sites is 1. The number of amides is 2. The Kier molecular flexibility index (Phi) is 7.76. The van der Waals surface area contributed by atoms with E-state index in [1.807, 2.05) is 0 Å². The van der Waals surface area contributed by atoms with Crippen molar-refractivity contribution in [3.05, 3.63) is 54.1 Å². The highest BCUT2D eigenvalue weighted by Gasteiger charge is 2.13. The molecule has 2 rings (SSSR count). The van der Waals surface area contributed by atoms with Crippen molar-refractivity contribution < 1.29 is 32.6 Å². The highest BCUT2D eigenvalue weighted by atomic mass is 32.2. The van der Waals surface area contributed by atoms with E-state index in [0.717, 1.165) is 0 Å². The highest BCUT2D eigenvalue weighted by molar-refractivity contribution is 7.99. The van der Waals surface area contributed by atoms with Gasteiger partial charge in [-0.15, -0.1) is 0 Å². The van der Waals surface area contributed by atoms with Gasteiger partial charge in [-0.05, 0) is 36.4 Å². The van der Waals surface area contributed by atoms with Crippen molar-refractivity contribution in [2.45, 2.75) is 10.7 Å². The number of hydrogen-bond acceptors (Lipinski definition) is 6. The number of halogens is 2. The minimum atomic E-state index is -2.53. The van der Waals surface area contributed by atoms with E-state index in [-0.39, 0.29) is 11.3 Å². The van der Waals surface area contributed by atoms with Gasteiger partial charge in [0.05, 0.1) is 5.56 Å². The van der Waals surface area contributed by atoms with Gasteiger partial charge in [0.2, 0.25) is 0 Å². The molecule has 28 heavy (non-hydrogen) atoms. The largest absolute Gasteiger partial charge is 0.481 e. The number of hydrogen-bond donors (Lipinski definition) is 2. The molecule has 0 unspecified atom stereocenters. The minimum absolute atomic E-state index is 0.112. The van der Waals surface area contributed by atoms with E-state index >= 15 is 0 Å². The SMILES string of the molecule is NC(=O)c1ccccc1OCC(=O)OCC(=O)Nc1ccc(SC(F)F)cc1. The second-order valence-corrected chi connectivity index (χ2v) is 6.32. The molecule has 0 radical (unpaired) electrons. The maximum atomic E-state index is 12.3. The standard InChI is InChI=1S/C18H16F2N2O5S/c19-18(20)28-12-7-5-11(6-8-12)22-15(23)9-27-16(24)10-26-14-4-2-1-3-13(14)17(21)25/h1-8,18H,9-10H2,(H2,21,25)(H,22,23).